The van der Waals surface area contributed by atoms with Gasteiger partial charge in [-0.15, -0.1) is 0 Å². The van der Waals surface area contributed by atoms with E-state index in [0.29, 0.717) is 13.0 Å². The van der Waals surface area contributed by atoms with Crippen LogP contribution in [0.5, 0.6) is 5.75 Å². The molecule has 0 radical (unpaired) electrons. The van der Waals surface area contributed by atoms with Crippen molar-refractivity contribution in [1.29, 1.82) is 0 Å². The molecule has 1 heterocycles. The Morgan fingerprint density at radius 1 is 1.38 bits per heavy atom. The molecule has 3 nitrogen and oxygen atoms in total. The molecule has 0 unspecified atom stereocenters. The van der Waals surface area contributed by atoms with Crippen LogP contribution in [0.25, 0.3) is 0 Å². The fraction of sp³-hybridized carbons (Fsp3) is 0.250. The second kappa shape index (κ2) is 4.79. The van der Waals surface area contributed by atoms with Gasteiger partial charge < -0.3 is 9.30 Å². The van der Waals surface area contributed by atoms with E-state index in [1.54, 1.807) is 24.4 Å². The molecule has 0 atom stereocenters. The van der Waals surface area contributed by atoms with Gasteiger partial charge in [0.25, 0.3) is 0 Å². The van der Waals surface area contributed by atoms with Gasteiger partial charge in [-0.05, 0) is 12.1 Å². The molecule has 0 saturated carbocycles. The predicted molar refractivity (Wildman–Crippen MR) is 58.8 cm³/mol. The first kappa shape index (κ1) is 10.7. The van der Waals surface area contributed by atoms with E-state index < -0.39 is 0 Å². The Bertz CT molecular complexity index is 468. The van der Waals surface area contributed by atoms with Gasteiger partial charge in [0.1, 0.15) is 5.82 Å². The molecule has 2 aromatic rings. The largest absolute Gasteiger partial charge is 0.490 e. The van der Waals surface area contributed by atoms with Gasteiger partial charge in [-0.1, -0.05) is 12.1 Å². The number of aromatic nitrogens is 2. The van der Waals surface area contributed by atoms with Crippen molar-refractivity contribution in [2.75, 3.05) is 6.61 Å². The Kier molecular flexibility index (Phi) is 3.19. The van der Waals surface area contributed by atoms with Crippen molar-refractivity contribution in [1.82, 2.24) is 9.55 Å². The molecule has 0 aliphatic heterocycles. The standard InChI is InChI=1S/C12H13FN2O/c1-15-8-7-14-12(15)6-9-16-11-5-3-2-4-10(11)13/h2-5,7-8H,6,9H2,1H3. The van der Waals surface area contributed by atoms with Crippen LogP contribution in [0.15, 0.2) is 36.7 Å². The number of nitrogens with zero attached hydrogens (tertiary/aromatic N) is 2. The second-order valence-corrected chi connectivity index (χ2v) is 3.48. The number of rotatable bonds is 4. The Balaban J connectivity index is 1.89. The first-order valence-corrected chi connectivity index (χ1v) is 5.11. The van der Waals surface area contributed by atoms with Crippen molar-refractivity contribution in [2.24, 2.45) is 7.05 Å². The molecule has 0 amide bonds. The molecular weight excluding hydrogens is 207 g/mol. The molecule has 0 aliphatic rings. The minimum absolute atomic E-state index is 0.289. The Hall–Kier alpha value is -1.84. The van der Waals surface area contributed by atoms with E-state index >= 15 is 0 Å². The predicted octanol–water partition coefficient (Wildman–Crippen LogP) is 2.18. The van der Waals surface area contributed by atoms with E-state index in [4.69, 9.17) is 4.74 Å². The Morgan fingerprint density at radius 3 is 2.88 bits per heavy atom. The number of hydrogen-bond donors (Lipinski definition) is 0. The van der Waals surface area contributed by atoms with E-state index in [-0.39, 0.29) is 11.6 Å². The highest BCUT2D eigenvalue weighted by atomic mass is 19.1. The van der Waals surface area contributed by atoms with E-state index in [0.717, 1.165) is 5.82 Å². The van der Waals surface area contributed by atoms with Crippen molar-refractivity contribution in [3.05, 3.63) is 48.3 Å². The first-order chi connectivity index (χ1) is 7.77. The summed E-state index contributed by atoms with van der Waals surface area (Å²) in [7, 11) is 1.92. The van der Waals surface area contributed by atoms with Crippen LogP contribution in [0, 0.1) is 5.82 Å². The summed E-state index contributed by atoms with van der Waals surface area (Å²) < 4.78 is 20.4. The monoisotopic (exact) mass is 220 g/mol. The molecule has 0 spiro atoms. The molecule has 0 N–H and O–H groups in total. The maximum Gasteiger partial charge on any atom is 0.165 e. The number of imidazole rings is 1. The van der Waals surface area contributed by atoms with Crippen molar-refractivity contribution < 1.29 is 9.13 Å². The number of halogens is 1. The zero-order chi connectivity index (χ0) is 11.4. The normalized spacial score (nSPS) is 10.4. The number of hydrogen-bond acceptors (Lipinski definition) is 2. The lowest BCUT2D eigenvalue weighted by atomic mass is 10.3. The average Bonchev–Trinajstić information content (AvgIpc) is 2.67. The van der Waals surface area contributed by atoms with Gasteiger partial charge in [0.2, 0.25) is 0 Å². The van der Waals surface area contributed by atoms with Gasteiger partial charge in [-0.2, -0.15) is 0 Å². The first-order valence-electron chi connectivity index (χ1n) is 5.11. The minimum Gasteiger partial charge on any atom is -0.490 e. The molecular formula is C12H13FN2O. The summed E-state index contributed by atoms with van der Waals surface area (Å²) in [6, 6.07) is 6.39. The minimum atomic E-state index is -0.331. The lowest BCUT2D eigenvalue weighted by Crippen LogP contribution is -2.06. The fourth-order valence-electron chi connectivity index (χ4n) is 1.45. The van der Waals surface area contributed by atoms with Gasteiger partial charge in [-0.25, -0.2) is 9.37 Å². The quantitative estimate of drug-likeness (QED) is 0.789. The van der Waals surface area contributed by atoms with E-state index in [1.807, 2.05) is 17.8 Å². The van der Waals surface area contributed by atoms with Gasteiger partial charge >= 0.3 is 0 Å². The second-order valence-electron chi connectivity index (χ2n) is 3.48. The van der Waals surface area contributed by atoms with Crippen molar-refractivity contribution in [3.63, 3.8) is 0 Å². The number of aryl methyl sites for hydroxylation is 1. The summed E-state index contributed by atoms with van der Waals surface area (Å²) in [6.07, 6.45) is 4.27. The number of ether oxygens (including phenoxy) is 1. The molecule has 84 valence electrons. The highest BCUT2D eigenvalue weighted by molar-refractivity contribution is 5.23. The highest BCUT2D eigenvalue weighted by Crippen LogP contribution is 2.15. The summed E-state index contributed by atoms with van der Waals surface area (Å²) in [5, 5.41) is 0. The van der Waals surface area contributed by atoms with Crippen LogP contribution in [0.3, 0.4) is 0 Å². The van der Waals surface area contributed by atoms with Gasteiger partial charge in [-0.3, -0.25) is 0 Å². The Morgan fingerprint density at radius 2 is 2.19 bits per heavy atom. The zero-order valence-electron chi connectivity index (χ0n) is 9.06. The highest BCUT2D eigenvalue weighted by Gasteiger charge is 2.03. The van der Waals surface area contributed by atoms with Crippen LogP contribution >= 0.6 is 0 Å². The van der Waals surface area contributed by atoms with Gasteiger partial charge in [0.15, 0.2) is 11.6 Å². The summed E-state index contributed by atoms with van der Waals surface area (Å²) in [5.74, 6) is 0.885. The summed E-state index contributed by atoms with van der Waals surface area (Å²) in [6.45, 7) is 0.422. The van der Waals surface area contributed by atoms with Crippen molar-refractivity contribution in [3.8, 4) is 5.75 Å². The molecule has 4 heteroatoms. The maximum atomic E-state index is 13.2. The Labute approximate surface area is 93.5 Å². The zero-order valence-corrected chi connectivity index (χ0v) is 9.06. The lowest BCUT2D eigenvalue weighted by molar-refractivity contribution is 0.301. The third kappa shape index (κ3) is 2.39. The number of benzene rings is 1. The van der Waals surface area contributed by atoms with Crippen LogP contribution in [-0.4, -0.2) is 16.2 Å². The summed E-state index contributed by atoms with van der Waals surface area (Å²) in [5.41, 5.74) is 0. The molecule has 0 aliphatic carbocycles. The molecule has 1 aromatic heterocycles. The fourth-order valence-corrected chi connectivity index (χ4v) is 1.45. The van der Waals surface area contributed by atoms with E-state index in [1.165, 1.54) is 6.07 Å². The van der Waals surface area contributed by atoms with E-state index in [9.17, 15) is 4.39 Å². The molecule has 16 heavy (non-hydrogen) atoms. The molecule has 0 saturated heterocycles. The molecule has 2 rings (SSSR count). The summed E-state index contributed by atoms with van der Waals surface area (Å²) in [4.78, 5) is 4.16. The molecule has 0 bridgehead atoms. The van der Waals surface area contributed by atoms with Crippen LogP contribution in [0.4, 0.5) is 4.39 Å². The van der Waals surface area contributed by atoms with Crippen molar-refractivity contribution >= 4 is 0 Å². The van der Waals surface area contributed by atoms with E-state index in [2.05, 4.69) is 4.98 Å². The van der Waals surface area contributed by atoms with Crippen LogP contribution in [-0.2, 0) is 13.5 Å². The third-order valence-electron chi connectivity index (χ3n) is 2.34. The topological polar surface area (TPSA) is 27.1 Å². The van der Waals surface area contributed by atoms with Crippen molar-refractivity contribution in [2.45, 2.75) is 6.42 Å². The van der Waals surface area contributed by atoms with Crippen LogP contribution in [0.2, 0.25) is 0 Å². The SMILES string of the molecule is Cn1ccnc1CCOc1ccccc1F. The van der Waals surface area contributed by atoms with Gasteiger partial charge in [0, 0.05) is 25.9 Å². The third-order valence-corrected chi connectivity index (χ3v) is 2.34. The smallest absolute Gasteiger partial charge is 0.165 e. The van der Waals surface area contributed by atoms with Crippen LogP contribution in [0.1, 0.15) is 5.82 Å². The average molecular weight is 220 g/mol. The lowest BCUT2D eigenvalue weighted by Gasteiger charge is -2.06. The molecule has 1 aromatic carbocycles. The maximum absolute atomic E-state index is 13.2. The van der Waals surface area contributed by atoms with Crippen LogP contribution < -0.4 is 4.74 Å². The number of para-hydroxylation sites is 1. The summed E-state index contributed by atoms with van der Waals surface area (Å²) >= 11 is 0. The molecule has 0 fully saturated rings. The van der Waals surface area contributed by atoms with Gasteiger partial charge in [0.05, 0.1) is 6.61 Å².